The van der Waals surface area contributed by atoms with Crippen molar-refractivity contribution in [3.05, 3.63) is 89.5 Å². The van der Waals surface area contributed by atoms with Crippen LogP contribution in [0, 0.1) is 13.8 Å². The normalized spacial score (nSPS) is 11.1. The molecule has 0 spiro atoms. The summed E-state index contributed by atoms with van der Waals surface area (Å²) in [6, 6.07) is 21.6. The third kappa shape index (κ3) is 6.55. The number of rotatable bonds is 11. The van der Waals surface area contributed by atoms with E-state index in [1.165, 1.54) is 24.3 Å². The Morgan fingerprint density at radius 1 is 0.971 bits per heavy atom. The lowest BCUT2D eigenvalue weighted by molar-refractivity contribution is -0.119. The van der Waals surface area contributed by atoms with Gasteiger partial charge in [0.05, 0.1) is 17.7 Å². The number of hydrogen-bond acceptors (Lipinski definition) is 5. The standard InChI is InChI=1S/C26H30N2O4S2/c1-20-9-7-8-10-22(20)19-33-16-15-27-26(29)18-28(23-11-5-4-6-12-23)34(30,31)24-13-14-25(32-3)21(2)17-24/h4-14,17H,15-16,18-19H2,1-3H3,(H,27,29). The fraction of sp³-hybridized carbons (Fsp3) is 0.269. The average Bonchev–Trinajstić information content (AvgIpc) is 2.83. The summed E-state index contributed by atoms with van der Waals surface area (Å²) in [6.07, 6.45) is 0. The number of anilines is 1. The van der Waals surface area contributed by atoms with Crippen LogP contribution >= 0.6 is 11.8 Å². The minimum absolute atomic E-state index is 0.108. The molecular weight excluding hydrogens is 468 g/mol. The molecule has 0 aromatic heterocycles. The predicted octanol–water partition coefficient (Wildman–Crippen LogP) is 4.56. The highest BCUT2D eigenvalue weighted by atomic mass is 32.2. The van der Waals surface area contributed by atoms with Crippen molar-refractivity contribution in [3.8, 4) is 5.75 Å². The summed E-state index contributed by atoms with van der Waals surface area (Å²) in [4.78, 5) is 12.8. The van der Waals surface area contributed by atoms with Crippen LogP contribution in [0.1, 0.15) is 16.7 Å². The lowest BCUT2D eigenvalue weighted by atomic mass is 10.1. The van der Waals surface area contributed by atoms with Gasteiger partial charge in [0.15, 0.2) is 0 Å². The van der Waals surface area contributed by atoms with Crippen molar-refractivity contribution >= 4 is 33.4 Å². The van der Waals surface area contributed by atoms with Crippen molar-refractivity contribution in [1.29, 1.82) is 0 Å². The summed E-state index contributed by atoms with van der Waals surface area (Å²) < 4.78 is 33.4. The molecule has 0 bridgehead atoms. The van der Waals surface area contributed by atoms with Gasteiger partial charge in [-0.05, 0) is 60.9 Å². The summed E-state index contributed by atoms with van der Waals surface area (Å²) in [5.74, 6) is 1.85. The minimum atomic E-state index is -3.96. The van der Waals surface area contributed by atoms with Gasteiger partial charge in [0.2, 0.25) is 5.91 Å². The molecule has 0 fully saturated rings. The molecule has 3 rings (SSSR count). The van der Waals surface area contributed by atoms with Gasteiger partial charge in [-0.2, -0.15) is 11.8 Å². The van der Waals surface area contributed by atoms with Crippen molar-refractivity contribution in [2.75, 3.05) is 30.3 Å². The Hall–Kier alpha value is -2.97. The van der Waals surface area contributed by atoms with Crippen molar-refractivity contribution in [2.24, 2.45) is 0 Å². The van der Waals surface area contributed by atoms with Crippen LogP contribution in [0.5, 0.6) is 5.75 Å². The lowest BCUT2D eigenvalue weighted by Crippen LogP contribution is -2.41. The first-order valence-electron chi connectivity index (χ1n) is 10.9. The van der Waals surface area contributed by atoms with Gasteiger partial charge < -0.3 is 10.1 Å². The second-order valence-electron chi connectivity index (χ2n) is 7.81. The van der Waals surface area contributed by atoms with E-state index in [-0.39, 0.29) is 17.3 Å². The van der Waals surface area contributed by atoms with Crippen LogP contribution in [0.25, 0.3) is 0 Å². The zero-order chi connectivity index (χ0) is 24.6. The number of thioether (sulfide) groups is 1. The van der Waals surface area contributed by atoms with Crippen LogP contribution < -0.4 is 14.4 Å². The molecule has 6 nitrogen and oxygen atoms in total. The second-order valence-corrected chi connectivity index (χ2v) is 10.8. The Morgan fingerprint density at radius 3 is 2.35 bits per heavy atom. The van der Waals surface area contributed by atoms with Crippen LogP contribution in [0.4, 0.5) is 5.69 Å². The van der Waals surface area contributed by atoms with E-state index in [1.54, 1.807) is 61.2 Å². The van der Waals surface area contributed by atoms with E-state index in [0.29, 0.717) is 23.5 Å². The Balaban J connectivity index is 1.66. The Morgan fingerprint density at radius 2 is 1.68 bits per heavy atom. The fourth-order valence-corrected chi connectivity index (χ4v) is 5.89. The number of carbonyl (C=O) groups is 1. The first-order chi connectivity index (χ1) is 16.3. The molecule has 0 saturated heterocycles. The molecule has 3 aromatic rings. The lowest BCUT2D eigenvalue weighted by Gasteiger charge is -2.24. The van der Waals surface area contributed by atoms with Gasteiger partial charge in [-0.15, -0.1) is 0 Å². The van der Waals surface area contributed by atoms with Crippen LogP contribution in [0.3, 0.4) is 0 Å². The number of carbonyl (C=O) groups excluding carboxylic acids is 1. The quantitative estimate of drug-likeness (QED) is 0.393. The number of ether oxygens (including phenoxy) is 1. The molecule has 0 aliphatic heterocycles. The molecule has 0 aliphatic rings. The predicted molar refractivity (Wildman–Crippen MR) is 139 cm³/mol. The largest absolute Gasteiger partial charge is 0.496 e. The van der Waals surface area contributed by atoms with Gasteiger partial charge in [0.25, 0.3) is 10.0 Å². The molecule has 0 atom stereocenters. The summed E-state index contributed by atoms with van der Waals surface area (Å²) in [7, 11) is -2.42. The number of methoxy groups -OCH3 is 1. The monoisotopic (exact) mass is 498 g/mol. The third-order valence-corrected chi connectivity index (χ3v) is 8.15. The second kappa shape index (κ2) is 11.9. The van der Waals surface area contributed by atoms with E-state index in [1.807, 2.05) is 12.1 Å². The number of benzene rings is 3. The highest BCUT2D eigenvalue weighted by molar-refractivity contribution is 7.98. The third-order valence-electron chi connectivity index (χ3n) is 5.37. The van der Waals surface area contributed by atoms with Gasteiger partial charge in [0.1, 0.15) is 12.3 Å². The first-order valence-corrected chi connectivity index (χ1v) is 13.5. The van der Waals surface area contributed by atoms with Crippen molar-refractivity contribution in [2.45, 2.75) is 24.5 Å². The molecule has 0 radical (unpaired) electrons. The smallest absolute Gasteiger partial charge is 0.264 e. The molecule has 1 amide bonds. The van der Waals surface area contributed by atoms with Crippen molar-refractivity contribution < 1.29 is 17.9 Å². The molecular formula is C26H30N2O4S2. The number of nitrogens with zero attached hydrogens (tertiary/aromatic N) is 1. The topological polar surface area (TPSA) is 75.7 Å². The van der Waals surface area contributed by atoms with E-state index < -0.39 is 10.0 Å². The molecule has 1 N–H and O–H groups in total. The van der Waals surface area contributed by atoms with Crippen molar-refractivity contribution in [3.63, 3.8) is 0 Å². The summed E-state index contributed by atoms with van der Waals surface area (Å²) >= 11 is 1.73. The zero-order valence-electron chi connectivity index (χ0n) is 19.7. The van der Waals surface area contributed by atoms with Crippen LogP contribution in [0.15, 0.2) is 77.7 Å². The summed E-state index contributed by atoms with van der Waals surface area (Å²) in [5.41, 5.74) is 3.65. The summed E-state index contributed by atoms with van der Waals surface area (Å²) in [6.45, 7) is 4.02. The first kappa shape index (κ1) is 25.6. The maximum atomic E-state index is 13.5. The number of nitrogens with one attached hydrogen (secondary N) is 1. The van der Waals surface area contributed by atoms with E-state index in [9.17, 15) is 13.2 Å². The molecule has 0 aliphatic carbocycles. The van der Waals surface area contributed by atoms with Crippen LogP contribution in [-0.2, 0) is 20.6 Å². The Kier molecular flexibility index (Phi) is 9.01. The number of hydrogen-bond donors (Lipinski definition) is 1. The maximum Gasteiger partial charge on any atom is 0.264 e. The van der Waals surface area contributed by atoms with Gasteiger partial charge in [-0.1, -0.05) is 42.5 Å². The number of aryl methyl sites for hydroxylation is 2. The van der Waals surface area contributed by atoms with Gasteiger partial charge in [-0.3, -0.25) is 9.10 Å². The molecule has 8 heteroatoms. The molecule has 3 aromatic carbocycles. The summed E-state index contributed by atoms with van der Waals surface area (Å²) in [5, 5.41) is 2.85. The van der Waals surface area contributed by atoms with Crippen LogP contribution in [-0.4, -0.2) is 40.3 Å². The van der Waals surface area contributed by atoms with Gasteiger partial charge >= 0.3 is 0 Å². The number of sulfonamides is 1. The van der Waals surface area contributed by atoms with Crippen LogP contribution in [0.2, 0.25) is 0 Å². The van der Waals surface area contributed by atoms with E-state index in [2.05, 4.69) is 24.4 Å². The van der Waals surface area contributed by atoms with E-state index >= 15 is 0 Å². The van der Waals surface area contributed by atoms with Gasteiger partial charge in [0, 0.05) is 18.1 Å². The molecule has 180 valence electrons. The Labute approximate surface area is 206 Å². The SMILES string of the molecule is COc1ccc(S(=O)(=O)N(CC(=O)NCCSCc2ccccc2C)c2ccccc2)cc1C. The van der Waals surface area contributed by atoms with E-state index in [0.717, 1.165) is 15.8 Å². The zero-order valence-corrected chi connectivity index (χ0v) is 21.3. The van der Waals surface area contributed by atoms with E-state index in [4.69, 9.17) is 4.74 Å². The highest BCUT2D eigenvalue weighted by Gasteiger charge is 2.27. The van der Waals surface area contributed by atoms with Crippen molar-refractivity contribution in [1.82, 2.24) is 5.32 Å². The molecule has 0 saturated carbocycles. The molecule has 0 heterocycles. The number of para-hydroxylation sites is 1. The molecule has 34 heavy (non-hydrogen) atoms. The fourth-order valence-electron chi connectivity index (χ4n) is 3.45. The Bertz CT molecular complexity index is 1210. The molecule has 0 unspecified atom stereocenters. The number of amides is 1. The minimum Gasteiger partial charge on any atom is -0.496 e. The maximum absolute atomic E-state index is 13.5. The average molecular weight is 499 g/mol. The van der Waals surface area contributed by atoms with Gasteiger partial charge in [-0.25, -0.2) is 8.42 Å². The highest BCUT2D eigenvalue weighted by Crippen LogP contribution is 2.27.